The molecule has 2 bridgehead atoms. The predicted molar refractivity (Wildman–Crippen MR) is 82.0 cm³/mol. The molecule has 0 radical (unpaired) electrons. The highest BCUT2D eigenvalue weighted by Gasteiger charge is 2.39. The molecule has 0 aromatic heterocycles. The molecular formula is C15H19BrClNO. The van der Waals surface area contributed by atoms with Crippen LogP contribution in [0.15, 0.2) is 28.7 Å². The van der Waals surface area contributed by atoms with Crippen LogP contribution in [0.2, 0.25) is 0 Å². The summed E-state index contributed by atoms with van der Waals surface area (Å²) in [5, 5.41) is 0.389. The minimum absolute atomic E-state index is 0.389. The van der Waals surface area contributed by atoms with E-state index in [1.165, 1.54) is 12.8 Å². The Labute approximate surface area is 128 Å². The summed E-state index contributed by atoms with van der Waals surface area (Å²) in [5.74, 6) is 0.939. The molecule has 3 rings (SSSR count). The van der Waals surface area contributed by atoms with E-state index in [0.717, 1.165) is 36.2 Å². The zero-order valence-electron chi connectivity index (χ0n) is 10.9. The second kappa shape index (κ2) is 6.02. The number of piperidine rings is 1. The molecule has 0 aliphatic carbocycles. The topological polar surface area (TPSA) is 12.5 Å². The molecule has 19 heavy (non-hydrogen) atoms. The van der Waals surface area contributed by atoms with Crippen molar-refractivity contribution < 1.29 is 4.74 Å². The third-order valence-electron chi connectivity index (χ3n) is 4.24. The van der Waals surface area contributed by atoms with Gasteiger partial charge in [0.25, 0.3) is 0 Å². The van der Waals surface area contributed by atoms with Gasteiger partial charge in [0.15, 0.2) is 0 Å². The third kappa shape index (κ3) is 3.26. The van der Waals surface area contributed by atoms with Crippen LogP contribution < -0.4 is 4.74 Å². The molecule has 104 valence electrons. The number of rotatable bonds is 4. The van der Waals surface area contributed by atoms with Crippen molar-refractivity contribution in [3.63, 3.8) is 0 Å². The Bertz CT molecular complexity index is 428. The van der Waals surface area contributed by atoms with Gasteiger partial charge < -0.3 is 4.74 Å². The Hall–Kier alpha value is -0.250. The molecule has 0 saturated carbocycles. The normalized spacial score (nSPS) is 30.5. The van der Waals surface area contributed by atoms with Crippen molar-refractivity contribution in [3.8, 4) is 5.75 Å². The van der Waals surface area contributed by atoms with Gasteiger partial charge in [-0.25, -0.2) is 0 Å². The number of fused-ring (bicyclic) bond motifs is 2. The average Bonchev–Trinajstić information content (AvgIpc) is 2.62. The van der Waals surface area contributed by atoms with E-state index in [0.29, 0.717) is 17.5 Å². The quantitative estimate of drug-likeness (QED) is 0.764. The summed E-state index contributed by atoms with van der Waals surface area (Å²) in [6.45, 7) is 1.78. The number of hydrogen-bond donors (Lipinski definition) is 0. The summed E-state index contributed by atoms with van der Waals surface area (Å²) >= 11 is 9.76. The lowest BCUT2D eigenvalue weighted by Crippen LogP contribution is -2.45. The number of ether oxygens (including phenoxy) is 1. The largest absolute Gasteiger partial charge is 0.492 e. The molecule has 2 heterocycles. The molecule has 4 heteroatoms. The van der Waals surface area contributed by atoms with Gasteiger partial charge in [0.05, 0.1) is 0 Å². The van der Waals surface area contributed by atoms with Crippen LogP contribution in [0, 0.1) is 0 Å². The maximum absolute atomic E-state index is 6.30. The van der Waals surface area contributed by atoms with Crippen molar-refractivity contribution in [2.45, 2.75) is 43.1 Å². The fourth-order valence-corrected chi connectivity index (χ4v) is 4.19. The lowest BCUT2D eigenvalue weighted by atomic mass is 10.0. The highest BCUT2D eigenvalue weighted by atomic mass is 79.9. The molecule has 2 aliphatic heterocycles. The zero-order valence-corrected chi connectivity index (χ0v) is 13.2. The SMILES string of the molecule is ClC1CC2CCC(C1)N2CCOc1cccc(Br)c1. The summed E-state index contributed by atoms with van der Waals surface area (Å²) in [4.78, 5) is 2.61. The van der Waals surface area contributed by atoms with E-state index >= 15 is 0 Å². The van der Waals surface area contributed by atoms with Crippen molar-refractivity contribution in [3.05, 3.63) is 28.7 Å². The smallest absolute Gasteiger partial charge is 0.120 e. The van der Waals surface area contributed by atoms with Crippen LogP contribution in [-0.4, -0.2) is 35.5 Å². The predicted octanol–water partition coefficient (Wildman–Crippen LogP) is 4.06. The molecule has 2 unspecified atom stereocenters. The molecule has 1 aromatic carbocycles. The van der Waals surface area contributed by atoms with E-state index in [9.17, 15) is 0 Å². The first-order valence-electron chi connectivity index (χ1n) is 7.00. The molecule has 0 spiro atoms. The van der Waals surface area contributed by atoms with Gasteiger partial charge in [-0.2, -0.15) is 0 Å². The number of hydrogen-bond acceptors (Lipinski definition) is 2. The Morgan fingerprint density at radius 2 is 2.00 bits per heavy atom. The van der Waals surface area contributed by atoms with Crippen molar-refractivity contribution in [1.82, 2.24) is 4.90 Å². The van der Waals surface area contributed by atoms with Gasteiger partial charge in [0.2, 0.25) is 0 Å². The van der Waals surface area contributed by atoms with Crippen LogP contribution in [0.1, 0.15) is 25.7 Å². The minimum Gasteiger partial charge on any atom is -0.492 e. The van der Waals surface area contributed by atoms with Crippen molar-refractivity contribution in [1.29, 1.82) is 0 Å². The van der Waals surface area contributed by atoms with Crippen LogP contribution in [0.3, 0.4) is 0 Å². The van der Waals surface area contributed by atoms with Gasteiger partial charge in [-0.15, -0.1) is 11.6 Å². The van der Waals surface area contributed by atoms with Crippen LogP contribution in [0.5, 0.6) is 5.75 Å². The summed E-state index contributed by atoms with van der Waals surface area (Å²) in [6, 6.07) is 9.41. The highest BCUT2D eigenvalue weighted by molar-refractivity contribution is 9.10. The van der Waals surface area contributed by atoms with Gasteiger partial charge in [0, 0.05) is 28.5 Å². The molecule has 2 aliphatic rings. The van der Waals surface area contributed by atoms with E-state index in [4.69, 9.17) is 16.3 Å². The molecule has 2 nitrogen and oxygen atoms in total. The molecule has 2 atom stereocenters. The fraction of sp³-hybridized carbons (Fsp3) is 0.600. The average molecular weight is 345 g/mol. The van der Waals surface area contributed by atoms with Crippen molar-refractivity contribution >= 4 is 27.5 Å². The summed E-state index contributed by atoms with van der Waals surface area (Å²) in [7, 11) is 0. The number of alkyl halides is 1. The lowest BCUT2D eigenvalue weighted by molar-refractivity contribution is 0.118. The van der Waals surface area contributed by atoms with Crippen LogP contribution in [0.4, 0.5) is 0 Å². The first kappa shape index (κ1) is 13.7. The van der Waals surface area contributed by atoms with Crippen LogP contribution in [0.25, 0.3) is 0 Å². The standard InChI is InChI=1S/C15H19BrClNO/c16-11-2-1-3-15(8-11)19-7-6-18-13-4-5-14(18)10-12(17)9-13/h1-3,8,12-14H,4-7,9-10H2. The molecule has 2 fully saturated rings. The molecular weight excluding hydrogens is 326 g/mol. The second-order valence-electron chi connectivity index (χ2n) is 5.50. The van der Waals surface area contributed by atoms with E-state index in [-0.39, 0.29) is 0 Å². The zero-order chi connectivity index (χ0) is 13.2. The minimum atomic E-state index is 0.389. The second-order valence-corrected chi connectivity index (χ2v) is 7.03. The molecule has 0 amide bonds. The van der Waals surface area contributed by atoms with Crippen molar-refractivity contribution in [2.75, 3.05) is 13.2 Å². The maximum Gasteiger partial charge on any atom is 0.120 e. The van der Waals surface area contributed by atoms with Gasteiger partial charge in [-0.1, -0.05) is 22.0 Å². The number of benzene rings is 1. The first-order chi connectivity index (χ1) is 9.22. The Morgan fingerprint density at radius 3 is 2.68 bits per heavy atom. The summed E-state index contributed by atoms with van der Waals surface area (Å²) in [6.07, 6.45) is 4.92. The Kier molecular flexibility index (Phi) is 4.35. The maximum atomic E-state index is 6.30. The molecule has 1 aromatic rings. The first-order valence-corrected chi connectivity index (χ1v) is 8.23. The van der Waals surface area contributed by atoms with Crippen LogP contribution in [-0.2, 0) is 0 Å². The van der Waals surface area contributed by atoms with E-state index in [2.05, 4.69) is 20.8 Å². The Morgan fingerprint density at radius 1 is 1.26 bits per heavy atom. The van der Waals surface area contributed by atoms with E-state index in [1.807, 2.05) is 24.3 Å². The Balaban J connectivity index is 1.51. The fourth-order valence-electron chi connectivity index (χ4n) is 3.40. The van der Waals surface area contributed by atoms with Gasteiger partial charge in [0.1, 0.15) is 12.4 Å². The van der Waals surface area contributed by atoms with Crippen molar-refractivity contribution in [2.24, 2.45) is 0 Å². The van der Waals surface area contributed by atoms with Gasteiger partial charge in [-0.05, 0) is 43.9 Å². The highest BCUT2D eigenvalue weighted by Crippen LogP contribution is 2.37. The van der Waals surface area contributed by atoms with E-state index in [1.54, 1.807) is 0 Å². The van der Waals surface area contributed by atoms with E-state index < -0.39 is 0 Å². The summed E-state index contributed by atoms with van der Waals surface area (Å²) < 4.78 is 6.90. The lowest BCUT2D eigenvalue weighted by Gasteiger charge is -2.36. The molecule has 2 saturated heterocycles. The third-order valence-corrected chi connectivity index (χ3v) is 5.09. The summed E-state index contributed by atoms with van der Waals surface area (Å²) in [5.41, 5.74) is 0. The van der Waals surface area contributed by atoms with Gasteiger partial charge in [-0.3, -0.25) is 4.90 Å². The number of nitrogens with zero attached hydrogens (tertiary/aromatic N) is 1. The van der Waals surface area contributed by atoms with Gasteiger partial charge >= 0.3 is 0 Å². The van der Waals surface area contributed by atoms with Crippen LogP contribution >= 0.6 is 27.5 Å². The molecule has 0 N–H and O–H groups in total. The number of halogens is 2. The monoisotopic (exact) mass is 343 g/mol.